The molecule has 0 bridgehead atoms. The van der Waals surface area contributed by atoms with Gasteiger partial charge in [0.2, 0.25) is 0 Å². The van der Waals surface area contributed by atoms with Gasteiger partial charge in [-0.2, -0.15) is 0 Å². The van der Waals surface area contributed by atoms with Gasteiger partial charge in [0, 0.05) is 19.3 Å². The van der Waals surface area contributed by atoms with E-state index in [9.17, 15) is 0 Å². The monoisotopic (exact) mass is 259 g/mol. The lowest BCUT2D eigenvalue weighted by Gasteiger charge is -2.19. The summed E-state index contributed by atoms with van der Waals surface area (Å²) < 4.78 is 5.39. The molecular formula is C15H21N3O. The summed E-state index contributed by atoms with van der Waals surface area (Å²) >= 11 is 0. The Morgan fingerprint density at radius 1 is 1.21 bits per heavy atom. The van der Waals surface area contributed by atoms with Crippen LogP contribution < -0.4 is 5.32 Å². The van der Waals surface area contributed by atoms with Crippen molar-refractivity contribution in [1.29, 1.82) is 0 Å². The standard InChI is InChI=1S/C15H21N3O/c1-3-16-15-8-7-13(10-17-15)11-18(4-2)12-14-6-5-9-19-14/h5-10H,3-4,11-12H2,1-2H3,(H,16,17). The number of aromatic nitrogens is 1. The van der Waals surface area contributed by atoms with E-state index in [4.69, 9.17) is 4.42 Å². The highest BCUT2D eigenvalue weighted by atomic mass is 16.3. The van der Waals surface area contributed by atoms with Crippen LogP contribution in [0.2, 0.25) is 0 Å². The van der Waals surface area contributed by atoms with Gasteiger partial charge in [0.25, 0.3) is 0 Å². The van der Waals surface area contributed by atoms with Gasteiger partial charge in [0.05, 0.1) is 12.8 Å². The molecule has 0 saturated heterocycles. The molecule has 2 aromatic rings. The van der Waals surface area contributed by atoms with Gasteiger partial charge >= 0.3 is 0 Å². The van der Waals surface area contributed by atoms with Gasteiger partial charge in [-0.1, -0.05) is 13.0 Å². The van der Waals surface area contributed by atoms with Crippen molar-refractivity contribution in [3.63, 3.8) is 0 Å². The highest BCUT2D eigenvalue weighted by molar-refractivity contribution is 5.35. The number of pyridine rings is 1. The third-order valence-electron chi connectivity index (χ3n) is 3.00. The van der Waals surface area contributed by atoms with Gasteiger partial charge in [-0.3, -0.25) is 4.90 Å². The maximum absolute atomic E-state index is 5.39. The molecule has 4 nitrogen and oxygen atoms in total. The molecule has 0 spiro atoms. The van der Waals surface area contributed by atoms with E-state index in [1.807, 2.05) is 24.4 Å². The summed E-state index contributed by atoms with van der Waals surface area (Å²) in [7, 11) is 0. The molecule has 4 heteroatoms. The quantitative estimate of drug-likeness (QED) is 0.829. The highest BCUT2D eigenvalue weighted by Crippen LogP contribution is 2.11. The van der Waals surface area contributed by atoms with E-state index in [0.29, 0.717) is 0 Å². The largest absolute Gasteiger partial charge is 0.468 e. The second-order valence-corrected chi connectivity index (χ2v) is 4.46. The molecule has 0 saturated carbocycles. The van der Waals surface area contributed by atoms with Gasteiger partial charge in [0.1, 0.15) is 11.6 Å². The molecule has 2 rings (SSSR count). The number of nitrogens with one attached hydrogen (secondary N) is 1. The zero-order chi connectivity index (χ0) is 13.5. The van der Waals surface area contributed by atoms with Gasteiger partial charge in [-0.05, 0) is 37.2 Å². The van der Waals surface area contributed by atoms with Crippen LogP contribution in [0.4, 0.5) is 5.82 Å². The Hall–Kier alpha value is -1.81. The lowest BCUT2D eigenvalue weighted by Crippen LogP contribution is -2.22. The van der Waals surface area contributed by atoms with Gasteiger partial charge in [-0.15, -0.1) is 0 Å². The van der Waals surface area contributed by atoms with Crippen LogP contribution >= 0.6 is 0 Å². The van der Waals surface area contributed by atoms with Crippen molar-refractivity contribution in [1.82, 2.24) is 9.88 Å². The van der Waals surface area contributed by atoms with E-state index in [1.54, 1.807) is 6.26 Å². The third-order valence-corrected chi connectivity index (χ3v) is 3.00. The lowest BCUT2D eigenvalue weighted by atomic mass is 10.2. The zero-order valence-corrected chi connectivity index (χ0v) is 11.6. The molecule has 2 aromatic heterocycles. The first-order valence-corrected chi connectivity index (χ1v) is 6.75. The molecule has 0 radical (unpaired) electrons. The maximum atomic E-state index is 5.39. The van der Waals surface area contributed by atoms with Crippen molar-refractivity contribution < 1.29 is 4.42 Å². The van der Waals surface area contributed by atoms with Crippen LogP contribution in [0.3, 0.4) is 0 Å². The van der Waals surface area contributed by atoms with Crippen molar-refractivity contribution in [2.45, 2.75) is 26.9 Å². The summed E-state index contributed by atoms with van der Waals surface area (Å²) in [5.74, 6) is 1.93. The fourth-order valence-corrected chi connectivity index (χ4v) is 1.96. The van der Waals surface area contributed by atoms with Gasteiger partial charge in [0.15, 0.2) is 0 Å². The number of rotatable bonds is 7. The maximum Gasteiger partial charge on any atom is 0.125 e. The number of nitrogens with zero attached hydrogens (tertiary/aromatic N) is 2. The van der Waals surface area contributed by atoms with Gasteiger partial charge in [-0.25, -0.2) is 4.98 Å². The van der Waals surface area contributed by atoms with Gasteiger partial charge < -0.3 is 9.73 Å². The Balaban J connectivity index is 1.94. The Labute approximate surface area is 114 Å². The predicted octanol–water partition coefficient (Wildman–Crippen LogP) is 3.13. The van der Waals surface area contributed by atoms with Crippen molar-refractivity contribution in [3.8, 4) is 0 Å². The van der Waals surface area contributed by atoms with E-state index in [-0.39, 0.29) is 0 Å². The van der Waals surface area contributed by atoms with Crippen LogP contribution in [0.5, 0.6) is 0 Å². The molecule has 0 aromatic carbocycles. The highest BCUT2D eigenvalue weighted by Gasteiger charge is 2.07. The molecule has 0 atom stereocenters. The molecule has 19 heavy (non-hydrogen) atoms. The first kappa shape index (κ1) is 13.6. The first-order chi connectivity index (χ1) is 9.31. The Morgan fingerprint density at radius 2 is 2.11 bits per heavy atom. The predicted molar refractivity (Wildman–Crippen MR) is 76.9 cm³/mol. The van der Waals surface area contributed by atoms with E-state index < -0.39 is 0 Å². The molecule has 1 N–H and O–H groups in total. The van der Waals surface area contributed by atoms with E-state index in [0.717, 1.165) is 37.8 Å². The minimum atomic E-state index is 0.832. The van der Waals surface area contributed by atoms with Crippen molar-refractivity contribution in [2.75, 3.05) is 18.4 Å². The first-order valence-electron chi connectivity index (χ1n) is 6.75. The normalized spacial score (nSPS) is 10.9. The Morgan fingerprint density at radius 3 is 2.68 bits per heavy atom. The fraction of sp³-hybridized carbons (Fsp3) is 0.400. The molecule has 0 aliphatic carbocycles. The Kier molecular flexibility index (Phi) is 4.98. The summed E-state index contributed by atoms with van der Waals surface area (Å²) in [5.41, 5.74) is 1.22. The van der Waals surface area contributed by atoms with Crippen LogP contribution in [0.1, 0.15) is 25.2 Å². The molecule has 0 aliphatic heterocycles. The SMILES string of the molecule is CCNc1ccc(CN(CC)Cc2ccco2)cn1. The molecular weight excluding hydrogens is 238 g/mol. The van der Waals surface area contributed by atoms with Crippen molar-refractivity contribution in [3.05, 3.63) is 48.0 Å². The molecule has 0 amide bonds. The third kappa shape index (κ3) is 4.10. The Bertz CT molecular complexity index is 465. The summed E-state index contributed by atoms with van der Waals surface area (Å²) in [5, 5.41) is 3.20. The van der Waals surface area contributed by atoms with Crippen LogP contribution in [0.15, 0.2) is 41.1 Å². The summed E-state index contributed by atoms with van der Waals surface area (Å²) in [6.07, 6.45) is 3.65. The van der Waals surface area contributed by atoms with E-state index in [2.05, 4.69) is 35.1 Å². The topological polar surface area (TPSA) is 41.3 Å². The summed E-state index contributed by atoms with van der Waals surface area (Å²) in [6.45, 7) is 7.82. The fourth-order valence-electron chi connectivity index (χ4n) is 1.96. The molecule has 0 fully saturated rings. The zero-order valence-electron chi connectivity index (χ0n) is 11.6. The molecule has 2 heterocycles. The lowest BCUT2D eigenvalue weighted by molar-refractivity contribution is 0.247. The van der Waals surface area contributed by atoms with E-state index >= 15 is 0 Å². The van der Waals surface area contributed by atoms with E-state index in [1.165, 1.54) is 5.56 Å². The van der Waals surface area contributed by atoms with Crippen LogP contribution in [0.25, 0.3) is 0 Å². The van der Waals surface area contributed by atoms with Crippen LogP contribution in [0, 0.1) is 0 Å². The molecule has 0 aliphatic rings. The number of furan rings is 1. The minimum absolute atomic E-state index is 0.832. The molecule has 0 unspecified atom stereocenters. The average Bonchev–Trinajstić information content (AvgIpc) is 2.93. The summed E-state index contributed by atoms with van der Waals surface area (Å²) in [4.78, 5) is 6.71. The van der Waals surface area contributed by atoms with Crippen molar-refractivity contribution in [2.24, 2.45) is 0 Å². The molecule has 102 valence electrons. The second kappa shape index (κ2) is 6.95. The average molecular weight is 259 g/mol. The second-order valence-electron chi connectivity index (χ2n) is 4.46. The number of hydrogen-bond donors (Lipinski definition) is 1. The smallest absolute Gasteiger partial charge is 0.125 e. The minimum Gasteiger partial charge on any atom is -0.468 e. The number of anilines is 1. The summed E-state index contributed by atoms with van der Waals surface area (Å²) in [6, 6.07) is 8.08. The van der Waals surface area contributed by atoms with Crippen LogP contribution in [-0.2, 0) is 13.1 Å². The van der Waals surface area contributed by atoms with Crippen LogP contribution in [-0.4, -0.2) is 23.0 Å². The number of hydrogen-bond acceptors (Lipinski definition) is 4. The van der Waals surface area contributed by atoms with Crippen molar-refractivity contribution >= 4 is 5.82 Å².